The minimum Gasteiger partial charge on any atom is -0.497 e. The van der Waals surface area contributed by atoms with Crippen LogP contribution in [0.5, 0.6) is 5.75 Å². The number of hydrogen-bond acceptors (Lipinski definition) is 4. The Kier molecular flexibility index (Phi) is 8.67. The van der Waals surface area contributed by atoms with Crippen LogP contribution in [0.2, 0.25) is 5.02 Å². The normalized spacial score (nSPS) is 14.8. The molecule has 1 fully saturated rings. The number of hydrogen-bond donors (Lipinski definition) is 1. The zero-order valence-corrected chi connectivity index (χ0v) is 19.5. The molecule has 2 aromatic rings. The number of halogens is 1. The van der Waals surface area contributed by atoms with E-state index in [9.17, 15) is 9.59 Å². The van der Waals surface area contributed by atoms with Crippen LogP contribution >= 0.6 is 23.4 Å². The van der Waals surface area contributed by atoms with E-state index in [-0.39, 0.29) is 23.6 Å². The van der Waals surface area contributed by atoms with Crippen molar-refractivity contribution in [2.45, 2.75) is 56.1 Å². The standard InChI is InChI=1S/C24H29ClN2O3S/c1-17(24(29)26-20-5-3-4-6-20)27(15-18-7-11-21(30-2)12-8-18)23(28)16-31-22-13-9-19(25)10-14-22/h7-14,17,20H,3-6,15-16H2,1-2H3,(H,26,29). The van der Waals surface area contributed by atoms with E-state index in [0.29, 0.717) is 11.6 Å². The Balaban J connectivity index is 1.70. The summed E-state index contributed by atoms with van der Waals surface area (Å²) in [5.41, 5.74) is 0.950. The van der Waals surface area contributed by atoms with Crippen molar-refractivity contribution in [3.05, 3.63) is 59.1 Å². The van der Waals surface area contributed by atoms with Crippen LogP contribution in [-0.2, 0) is 16.1 Å². The third-order valence-electron chi connectivity index (χ3n) is 5.56. The van der Waals surface area contributed by atoms with E-state index in [0.717, 1.165) is 41.9 Å². The Labute approximate surface area is 193 Å². The molecular weight excluding hydrogens is 432 g/mol. The molecule has 0 saturated heterocycles. The molecule has 0 bridgehead atoms. The van der Waals surface area contributed by atoms with Crippen LogP contribution in [0, 0.1) is 0 Å². The highest BCUT2D eigenvalue weighted by molar-refractivity contribution is 8.00. The Morgan fingerprint density at radius 3 is 2.39 bits per heavy atom. The fraction of sp³-hybridized carbons (Fsp3) is 0.417. The third kappa shape index (κ3) is 6.91. The van der Waals surface area contributed by atoms with Crippen LogP contribution in [0.15, 0.2) is 53.4 Å². The molecule has 3 rings (SSSR count). The second-order valence-corrected chi connectivity index (χ2v) is 9.26. The van der Waals surface area contributed by atoms with Crippen molar-refractivity contribution >= 4 is 35.2 Å². The number of benzene rings is 2. The maximum atomic E-state index is 13.2. The number of thioether (sulfide) groups is 1. The molecule has 1 unspecified atom stereocenters. The van der Waals surface area contributed by atoms with Crippen molar-refractivity contribution in [2.24, 2.45) is 0 Å². The van der Waals surface area contributed by atoms with Crippen molar-refractivity contribution in [2.75, 3.05) is 12.9 Å². The van der Waals surface area contributed by atoms with Gasteiger partial charge in [0, 0.05) is 22.5 Å². The topological polar surface area (TPSA) is 58.6 Å². The lowest BCUT2D eigenvalue weighted by molar-refractivity contribution is -0.138. The zero-order valence-electron chi connectivity index (χ0n) is 18.0. The second kappa shape index (κ2) is 11.4. The lowest BCUT2D eigenvalue weighted by atomic mass is 10.1. The Morgan fingerprint density at radius 2 is 1.77 bits per heavy atom. The lowest BCUT2D eigenvalue weighted by Crippen LogP contribution is -2.50. The van der Waals surface area contributed by atoms with E-state index in [1.54, 1.807) is 31.1 Å². The summed E-state index contributed by atoms with van der Waals surface area (Å²) in [4.78, 5) is 28.7. The predicted molar refractivity (Wildman–Crippen MR) is 126 cm³/mol. The quantitative estimate of drug-likeness (QED) is 0.540. The third-order valence-corrected chi connectivity index (χ3v) is 6.81. The van der Waals surface area contributed by atoms with Gasteiger partial charge in [-0.1, -0.05) is 36.6 Å². The molecule has 0 heterocycles. The average Bonchev–Trinajstić information content (AvgIpc) is 3.30. The van der Waals surface area contributed by atoms with Crippen LogP contribution in [0.4, 0.5) is 0 Å². The molecule has 1 N–H and O–H groups in total. The molecule has 0 aromatic heterocycles. The molecule has 5 nitrogen and oxygen atoms in total. The molecule has 31 heavy (non-hydrogen) atoms. The minimum absolute atomic E-state index is 0.0789. The smallest absolute Gasteiger partial charge is 0.242 e. The van der Waals surface area contributed by atoms with Gasteiger partial charge in [0.05, 0.1) is 12.9 Å². The van der Waals surface area contributed by atoms with Crippen molar-refractivity contribution in [1.82, 2.24) is 10.2 Å². The van der Waals surface area contributed by atoms with Gasteiger partial charge in [0.2, 0.25) is 11.8 Å². The maximum absolute atomic E-state index is 13.2. The first-order valence-electron chi connectivity index (χ1n) is 10.6. The largest absolute Gasteiger partial charge is 0.497 e. The molecule has 1 atom stereocenters. The monoisotopic (exact) mass is 460 g/mol. The summed E-state index contributed by atoms with van der Waals surface area (Å²) < 4.78 is 5.22. The first-order chi connectivity index (χ1) is 15.0. The van der Waals surface area contributed by atoms with Gasteiger partial charge < -0.3 is 15.0 Å². The predicted octanol–water partition coefficient (Wildman–Crippen LogP) is 4.92. The molecule has 0 radical (unpaired) electrons. The summed E-state index contributed by atoms with van der Waals surface area (Å²) in [6.07, 6.45) is 4.31. The highest BCUT2D eigenvalue weighted by atomic mass is 35.5. The van der Waals surface area contributed by atoms with Gasteiger partial charge in [0.1, 0.15) is 11.8 Å². The minimum atomic E-state index is -0.555. The van der Waals surface area contributed by atoms with Crippen LogP contribution < -0.4 is 10.1 Å². The van der Waals surface area contributed by atoms with Crippen molar-refractivity contribution in [1.29, 1.82) is 0 Å². The molecule has 7 heteroatoms. The van der Waals surface area contributed by atoms with Gasteiger partial charge in [-0.3, -0.25) is 9.59 Å². The van der Waals surface area contributed by atoms with E-state index in [4.69, 9.17) is 16.3 Å². The maximum Gasteiger partial charge on any atom is 0.242 e. The second-order valence-electron chi connectivity index (χ2n) is 7.78. The Hall–Kier alpha value is -2.18. The summed E-state index contributed by atoms with van der Waals surface area (Å²) in [5, 5.41) is 3.78. The van der Waals surface area contributed by atoms with Gasteiger partial charge in [-0.25, -0.2) is 0 Å². The number of ether oxygens (including phenoxy) is 1. The average molecular weight is 461 g/mol. The zero-order chi connectivity index (χ0) is 22.2. The van der Waals surface area contributed by atoms with Crippen molar-refractivity contribution in [3.8, 4) is 5.75 Å². The number of methoxy groups -OCH3 is 1. The molecular formula is C24H29ClN2O3S. The number of carbonyl (C=O) groups is 2. The Bertz CT molecular complexity index is 867. The number of amides is 2. The van der Waals surface area contributed by atoms with Crippen molar-refractivity contribution in [3.63, 3.8) is 0 Å². The molecule has 0 aliphatic heterocycles. The van der Waals surface area contributed by atoms with E-state index in [1.165, 1.54) is 11.8 Å². The molecule has 1 aliphatic carbocycles. The summed E-state index contributed by atoms with van der Waals surface area (Å²) >= 11 is 7.39. The van der Waals surface area contributed by atoms with E-state index in [2.05, 4.69) is 5.32 Å². The van der Waals surface area contributed by atoms with E-state index < -0.39 is 6.04 Å². The summed E-state index contributed by atoms with van der Waals surface area (Å²) in [7, 11) is 1.62. The molecule has 2 aromatic carbocycles. The summed E-state index contributed by atoms with van der Waals surface area (Å²) in [5.74, 6) is 0.834. The van der Waals surface area contributed by atoms with E-state index in [1.807, 2.05) is 36.4 Å². The van der Waals surface area contributed by atoms with Gasteiger partial charge in [0.25, 0.3) is 0 Å². The number of rotatable bonds is 9. The summed E-state index contributed by atoms with van der Waals surface area (Å²) in [6, 6.07) is 14.6. The first-order valence-corrected chi connectivity index (χ1v) is 11.9. The lowest BCUT2D eigenvalue weighted by Gasteiger charge is -2.29. The Morgan fingerprint density at radius 1 is 1.13 bits per heavy atom. The molecule has 0 spiro atoms. The number of nitrogens with one attached hydrogen (secondary N) is 1. The van der Waals surface area contributed by atoms with Gasteiger partial charge >= 0.3 is 0 Å². The number of carbonyl (C=O) groups excluding carboxylic acids is 2. The van der Waals surface area contributed by atoms with E-state index >= 15 is 0 Å². The number of nitrogens with zero attached hydrogens (tertiary/aromatic N) is 1. The van der Waals surface area contributed by atoms with Gasteiger partial charge in [0.15, 0.2) is 0 Å². The molecule has 2 amide bonds. The van der Waals surface area contributed by atoms with Crippen LogP contribution in [-0.4, -0.2) is 41.7 Å². The fourth-order valence-corrected chi connectivity index (χ4v) is 4.57. The van der Waals surface area contributed by atoms with Crippen LogP contribution in [0.1, 0.15) is 38.2 Å². The van der Waals surface area contributed by atoms with Crippen molar-refractivity contribution < 1.29 is 14.3 Å². The summed E-state index contributed by atoms with van der Waals surface area (Å²) in [6.45, 7) is 2.17. The highest BCUT2D eigenvalue weighted by Crippen LogP contribution is 2.23. The van der Waals surface area contributed by atoms with Gasteiger partial charge in [-0.2, -0.15) is 0 Å². The van der Waals surface area contributed by atoms with Crippen LogP contribution in [0.3, 0.4) is 0 Å². The van der Waals surface area contributed by atoms with Gasteiger partial charge in [-0.15, -0.1) is 11.8 Å². The molecule has 1 saturated carbocycles. The SMILES string of the molecule is COc1ccc(CN(C(=O)CSc2ccc(Cl)cc2)C(C)C(=O)NC2CCCC2)cc1. The van der Waals surface area contributed by atoms with Crippen LogP contribution in [0.25, 0.3) is 0 Å². The van der Waals surface area contributed by atoms with Gasteiger partial charge in [-0.05, 0) is 61.7 Å². The first kappa shape index (κ1) is 23.5. The fourth-order valence-electron chi connectivity index (χ4n) is 3.66. The highest BCUT2D eigenvalue weighted by Gasteiger charge is 2.28. The molecule has 166 valence electrons. The molecule has 1 aliphatic rings.